The van der Waals surface area contributed by atoms with Crippen LogP contribution in [0, 0.1) is 0 Å². The third-order valence-electron chi connectivity index (χ3n) is 4.52. The number of aryl methyl sites for hydroxylation is 1. The number of pyridine rings is 1. The van der Waals surface area contributed by atoms with Gasteiger partial charge in [-0.2, -0.15) is 5.10 Å². The van der Waals surface area contributed by atoms with Crippen LogP contribution in [-0.4, -0.2) is 14.8 Å². The molecule has 0 aliphatic rings. The van der Waals surface area contributed by atoms with Crippen molar-refractivity contribution >= 4 is 21.9 Å². The summed E-state index contributed by atoms with van der Waals surface area (Å²) in [6, 6.07) is 19.1. The van der Waals surface area contributed by atoms with Gasteiger partial charge in [0.05, 0.1) is 5.52 Å². The molecule has 0 fully saturated rings. The summed E-state index contributed by atoms with van der Waals surface area (Å²) in [5.41, 5.74) is 5.47. The highest BCUT2D eigenvalue weighted by molar-refractivity contribution is 5.98. The fraction of sp³-hybridized carbons (Fsp3) is 0.238. The van der Waals surface area contributed by atoms with Gasteiger partial charge in [-0.15, -0.1) is 0 Å². The zero-order chi connectivity index (χ0) is 16.9. The van der Waals surface area contributed by atoms with E-state index in [0.717, 1.165) is 33.2 Å². The monoisotopic (exact) mass is 315 g/mol. The van der Waals surface area contributed by atoms with Gasteiger partial charge in [0.15, 0.2) is 5.65 Å². The van der Waals surface area contributed by atoms with Crippen molar-refractivity contribution in [1.82, 2.24) is 14.8 Å². The van der Waals surface area contributed by atoms with E-state index in [4.69, 9.17) is 10.1 Å². The van der Waals surface area contributed by atoms with Gasteiger partial charge in [0.25, 0.3) is 0 Å². The number of fused-ring (bicyclic) bond motifs is 2. The standard InChI is InChI=1S/C21H21N3/c1-21(2,3)16-11-10-15-12-17-19(14-8-6-5-7-9-14)23-24(4)20(17)22-18(15)13-16/h5-13H,1-4H3. The molecule has 0 unspecified atom stereocenters. The molecule has 4 rings (SSSR count). The molecule has 0 aliphatic carbocycles. The third kappa shape index (κ3) is 2.37. The molecule has 0 N–H and O–H groups in total. The number of hydrogen-bond acceptors (Lipinski definition) is 2. The van der Waals surface area contributed by atoms with Gasteiger partial charge in [-0.1, -0.05) is 63.2 Å². The molecule has 2 aromatic heterocycles. The van der Waals surface area contributed by atoms with Crippen molar-refractivity contribution in [3.05, 3.63) is 60.2 Å². The molecule has 24 heavy (non-hydrogen) atoms. The number of hydrogen-bond donors (Lipinski definition) is 0. The Labute approximate surface area is 142 Å². The van der Waals surface area contributed by atoms with Crippen LogP contribution in [0.3, 0.4) is 0 Å². The summed E-state index contributed by atoms with van der Waals surface area (Å²) in [6.07, 6.45) is 0. The average molecular weight is 315 g/mol. The van der Waals surface area contributed by atoms with E-state index in [0.29, 0.717) is 0 Å². The minimum absolute atomic E-state index is 0.118. The lowest BCUT2D eigenvalue weighted by atomic mass is 9.86. The summed E-state index contributed by atoms with van der Waals surface area (Å²) in [5, 5.41) is 6.96. The van der Waals surface area contributed by atoms with E-state index in [1.54, 1.807) is 0 Å². The lowest BCUT2D eigenvalue weighted by Gasteiger charge is -2.19. The molecule has 0 bridgehead atoms. The summed E-state index contributed by atoms with van der Waals surface area (Å²) in [6.45, 7) is 6.68. The van der Waals surface area contributed by atoms with Crippen LogP contribution in [0.1, 0.15) is 26.3 Å². The molecular weight excluding hydrogens is 294 g/mol. The smallest absolute Gasteiger partial charge is 0.158 e. The van der Waals surface area contributed by atoms with Crippen LogP contribution in [0.4, 0.5) is 0 Å². The van der Waals surface area contributed by atoms with Gasteiger partial charge in [0.1, 0.15) is 5.69 Å². The fourth-order valence-corrected chi connectivity index (χ4v) is 3.10. The normalized spacial score (nSPS) is 12.2. The van der Waals surface area contributed by atoms with Crippen LogP contribution >= 0.6 is 0 Å². The van der Waals surface area contributed by atoms with Gasteiger partial charge in [0.2, 0.25) is 0 Å². The topological polar surface area (TPSA) is 30.7 Å². The van der Waals surface area contributed by atoms with Gasteiger partial charge in [-0.3, -0.25) is 0 Å². The quantitative estimate of drug-likeness (QED) is 0.490. The molecule has 0 radical (unpaired) electrons. The molecule has 2 aromatic carbocycles. The molecule has 3 heteroatoms. The van der Waals surface area contributed by atoms with Crippen LogP contribution in [0.2, 0.25) is 0 Å². The number of benzene rings is 2. The lowest BCUT2D eigenvalue weighted by Crippen LogP contribution is -2.10. The Balaban J connectivity index is 1.99. The summed E-state index contributed by atoms with van der Waals surface area (Å²) in [7, 11) is 1.96. The molecule has 2 heterocycles. The van der Waals surface area contributed by atoms with E-state index in [1.165, 1.54) is 5.56 Å². The fourth-order valence-electron chi connectivity index (χ4n) is 3.10. The maximum Gasteiger partial charge on any atom is 0.158 e. The zero-order valence-electron chi connectivity index (χ0n) is 14.5. The maximum atomic E-state index is 4.90. The van der Waals surface area contributed by atoms with Crippen molar-refractivity contribution in [2.75, 3.05) is 0 Å². The van der Waals surface area contributed by atoms with Crippen LogP contribution in [0.25, 0.3) is 33.2 Å². The van der Waals surface area contributed by atoms with Gasteiger partial charge >= 0.3 is 0 Å². The van der Waals surface area contributed by atoms with E-state index in [1.807, 2.05) is 29.9 Å². The first-order valence-electron chi connectivity index (χ1n) is 8.27. The summed E-state index contributed by atoms with van der Waals surface area (Å²) in [5.74, 6) is 0. The SMILES string of the molecule is Cn1nc(-c2ccccc2)c2cc3ccc(C(C)(C)C)cc3nc21. The number of rotatable bonds is 1. The zero-order valence-corrected chi connectivity index (χ0v) is 14.5. The Bertz CT molecular complexity index is 1040. The molecule has 0 saturated carbocycles. The predicted molar refractivity (Wildman–Crippen MR) is 100 cm³/mol. The highest BCUT2D eigenvalue weighted by atomic mass is 15.3. The molecule has 0 spiro atoms. The van der Waals surface area contributed by atoms with Crippen LogP contribution in [0.5, 0.6) is 0 Å². The van der Waals surface area contributed by atoms with Gasteiger partial charge in [0, 0.05) is 23.4 Å². The number of nitrogens with zero attached hydrogens (tertiary/aromatic N) is 3. The van der Waals surface area contributed by atoms with Crippen LogP contribution < -0.4 is 0 Å². The second kappa shape index (κ2) is 5.17. The van der Waals surface area contributed by atoms with Crippen molar-refractivity contribution in [3.63, 3.8) is 0 Å². The first-order valence-corrected chi connectivity index (χ1v) is 8.27. The maximum absolute atomic E-state index is 4.90. The number of aromatic nitrogens is 3. The second-order valence-electron chi connectivity index (χ2n) is 7.36. The van der Waals surface area contributed by atoms with Crippen LogP contribution in [-0.2, 0) is 12.5 Å². The van der Waals surface area contributed by atoms with Gasteiger partial charge in [-0.25, -0.2) is 9.67 Å². The minimum atomic E-state index is 0.118. The van der Waals surface area contributed by atoms with Crippen molar-refractivity contribution in [2.45, 2.75) is 26.2 Å². The lowest BCUT2D eigenvalue weighted by molar-refractivity contribution is 0.591. The van der Waals surface area contributed by atoms with E-state index in [2.05, 4.69) is 57.2 Å². The Morgan fingerprint density at radius 1 is 0.917 bits per heavy atom. The summed E-state index contributed by atoms with van der Waals surface area (Å²) < 4.78 is 1.88. The molecule has 0 aliphatic heterocycles. The van der Waals surface area contributed by atoms with Crippen LogP contribution in [0.15, 0.2) is 54.6 Å². The van der Waals surface area contributed by atoms with Crippen molar-refractivity contribution in [2.24, 2.45) is 7.05 Å². The Morgan fingerprint density at radius 3 is 2.38 bits per heavy atom. The molecule has 0 saturated heterocycles. The van der Waals surface area contributed by atoms with E-state index >= 15 is 0 Å². The van der Waals surface area contributed by atoms with Gasteiger partial charge in [-0.05, 0) is 23.1 Å². The van der Waals surface area contributed by atoms with E-state index in [9.17, 15) is 0 Å². The van der Waals surface area contributed by atoms with Crippen molar-refractivity contribution in [1.29, 1.82) is 0 Å². The average Bonchev–Trinajstić information content (AvgIpc) is 2.89. The highest BCUT2D eigenvalue weighted by Crippen LogP contribution is 2.31. The highest BCUT2D eigenvalue weighted by Gasteiger charge is 2.16. The van der Waals surface area contributed by atoms with Gasteiger partial charge < -0.3 is 0 Å². The van der Waals surface area contributed by atoms with Crippen molar-refractivity contribution in [3.8, 4) is 11.3 Å². The molecule has 120 valence electrons. The summed E-state index contributed by atoms with van der Waals surface area (Å²) in [4.78, 5) is 4.90. The van der Waals surface area contributed by atoms with E-state index < -0.39 is 0 Å². The molecule has 4 aromatic rings. The summed E-state index contributed by atoms with van der Waals surface area (Å²) >= 11 is 0. The Hall–Kier alpha value is -2.68. The minimum Gasteiger partial charge on any atom is -0.250 e. The first kappa shape index (κ1) is 14.9. The molecule has 0 atom stereocenters. The molecule has 3 nitrogen and oxygen atoms in total. The Kier molecular flexibility index (Phi) is 3.20. The third-order valence-corrected chi connectivity index (χ3v) is 4.52. The van der Waals surface area contributed by atoms with E-state index in [-0.39, 0.29) is 5.41 Å². The second-order valence-corrected chi connectivity index (χ2v) is 7.36. The van der Waals surface area contributed by atoms with Crippen molar-refractivity contribution < 1.29 is 0 Å². The predicted octanol–water partition coefficient (Wildman–Crippen LogP) is 5.09. The molecular formula is C21H21N3. The first-order chi connectivity index (χ1) is 11.4. The molecule has 0 amide bonds. The largest absolute Gasteiger partial charge is 0.250 e. The Morgan fingerprint density at radius 2 is 1.67 bits per heavy atom.